The van der Waals surface area contributed by atoms with Gasteiger partial charge in [0.15, 0.2) is 0 Å². The lowest BCUT2D eigenvalue weighted by Gasteiger charge is -2.05. The van der Waals surface area contributed by atoms with Crippen LogP contribution in [0.2, 0.25) is 0 Å². The fourth-order valence-corrected chi connectivity index (χ4v) is 1.06. The average molecular weight is 250 g/mol. The van der Waals surface area contributed by atoms with E-state index in [1.54, 1.807) is 12.1 Å². The number of amides is 1. The SMILES string of the molecule is COC=CC(=O)ONNC(=O)c1ccc(C)cc1. The highest BCUT2D eigenvalue weighted by Crippen LogP contribution is 2.02. The first kappa shape index (κ1) is 13.7. The largest absolute Gasteiger partial charge is 0.504 e. The summed E-state index contributed by atoms with van der Waals surface area (Å²) in [5.74, 6) is -1.10. The van der Waals surface area contributed by atoms with Crippen molar-refractivity contribution in [3.05, 3.63) is 47.7 Å². The highest BCUT2D eigenvalue weighted by atomic mass is 16.7. The van der Waals surface area contributed by atoms with E-state index >= 15 is 0 Å². The molecule has 0 aliphatic rings. The Hall–Kier alpha value is -2.34. The molecule has 0 bridgehead atoms. The highest BCUT2D eigenvalue weighted by molar-refractivity contribution is 5.93. The number of ether oxygens (including phenoxy) is 1. The molecule has 1 aromatic carbocycles. The molecule has 0 aliphatic carbocycles. The van der Waals surface area contributed by atoms with Crippen LogP contribution in [-0.4, -0.2) is 19.0 Å². The molecule has 1 rings (SSSR count). The van der Waals surface area contributed by atoms with Crippen LogP contribution in [0.1, 0.15) is 15.9 Å². The van der Waals surface area contributed by atoms with Gasteiger partial charge >= 0.3 is 5.97 Å². The van der Waals surface area contributed by atoms with Crippen molar-refractivity contribution in [2.75, 3.05) is 7.11 Å². The maximum absolute atomic E-state index is 11.5. The minimum atomic E-state index is -0.693. The molecule has 0 aromatic heterocycles. The summed E-state index contributed by atoms with van der Waals surface area (Å²) in [5, 5.41) is 0. The summed E-state index contributed by atoms with van der Waals surface area (Å²) in [6.07, 6.45) is 2.22. The van der Waals surface area contributed by atoms with E-state index in [4.69, 9.17) is 0 Å². The van der Waals surface area contributed by atoms with Crippen molar-refractivity contribution in [1.29, 1.82) is 0 Å². The zero-order valence-corrected chi connectivity index (χ0v) is 10.1. The number of methoxy groups -OCH3 is 1. The summed E-state index contributed by atoms with van der Waals surface area (Å²) in [7, 11) is 1.40. The van der Waals surface area contributed by atoms with E-state index < -0.39 is 11.9 Å². The molecule has 1 aromatic rings. The van der Waals surface area contributed by atoms with E-state index in [9.17, 15) is 9.59 Å². The van der Waals surface area contributed by atoms with Crippen LogP contribution in [0.5, 0.6) is 0 Å². The maximum Gasteiger partial charge on any atom is 0.354 e. The van der Waals surface area contributed by atoms with Gasteiger partial charge in [0.2, 0.25) is 0 Å². The Labute approximate surface area is 105 Å². The van der Waals surface area contributed by atoms with Crippen LogP contribution in [0.4, 0.5) is 0 Å². The summed E-state index contributed by atoms with van der Waals surface area (Å²) in [4.78, 5) is 27.0. The van der Waals surface area contributed by atoms with Gasteiger partial charge in [0.25, 0.3) is 5.91 Å². The Bertz CT molecular complexity index is 440. The first-order chi connectivity index (χ1) is 8.63. The Balaban J connectivity index is 2.35. The van der Waals surface area contributed by atoms with Gasteiger partial charge in [-0.1, -0.05) is 23.3 Å². The highest BCUT2D eigenvalue weighted by Gasteiger charge is 2.04. The summed E-state index contributed by atoms with van der Waals surface area (Å²) in [5.41, 5.74) is 5.78. The van der Waals surface area contributed by atoms with E-state index in [1.165, 1.54) is 7.11 Å². The van der Waals surface area contributed by atoms with Gasteiger partial charge in [-0.3, -0.25) is 10.2 Å². The molecule has 0 radical (unpaired) electrons. The van der Waals surface area contributed by atoms with Crippen molar-refractivity contribution in [3.63, 3.8) is 0 Å². The minimum absolute atomic E-state index is 0.404. The molecule has 0 spiro atoms. The van der Waals surface area contributed by atoms with Crippen LogP contribution >= 0.6 is 0 Å². The van der Waals surface area contributed by atoms with Crippen molar-refractivity contribution >= 4 is 11.9 Å². The van der Waals surface area contributed by atoms with Crippen LogP contribution in [0.25, 0.3) is 0 Å². The molecule has 96 valence electrons. The molecule has 0 aliphatic heterocycles. The van der Waals surface area contributed by atoms with Gasteiger partial charge in [-0.15, -0.1) is 0 Å². The molecule has 2 N–H and O–H groups in total. The van der Waals surface area contributed by atoms with Crippen molar-refractivity contribution in [2.45, 2.75) is 6.92 Å². The van der Waals surface area contributed by atoms with Gasteiger partial charge in [0.05, 0.1) is 19.4 Å². The molecule has 0 heterocycles. The van der Waals surface area contributed by atoms with Crippen molar-refractivity contribution in [1.82, 2.24) is 11.0 Å². The molecular formula is C12H14N2O4. The quantitative estimate of drug-likeness (QED) is 0.460. The second-order valence-electron chi connectivity index (χ2n) is 3.38. The Morgan fingerprint density at radius 3 is 2.50 bits per heavy atom. The zero-order chi connectivity index (χ0) is 13.4. The lowest BCUT2D eigenvalue weighted by molar-refractivity contribution is -0.146. The van der Waals surface area contributed by atoms with Gasteiger partial charge in [0, 0.05) is 5.56 Å². The van der Waals surface area contributed by atoms with Crippen LogP contribution in [0.3, 0.4) is 0 Å². The number of hydrogen-bond acceptors (Lipinski definition) is 5. The van der Waals surface area contributed by atoms with E-state index in [1.807, 2.05) is 19.1 Å². The fraction of sp³-hybridized carbons (Fsp3) is 0.167. The summed E-state index contributed by atoms with van der Waals surface area (Å²) in [6.45, 7) is 1.92. The third kappa shape index (κ3) is 4.67. The second kappa shape index (κ2) is 7.08. The second-order valence-corrected chi connectivity index (χ2v) is 3.38. The number of carbonyl (C=O) groups is 2. The Kier molecular flexibility index (Phi) is 5.40. The summed E-state index contributed by atoms with van der Waals surface area (Å²) in [6, 6.07) is 6.95. The lowest BCUT2D eigenvalue weighted by Crippen LogP contribution is -2.38. The average Bonchev–Trinajstić information content (AvgIpc) is 2.37. The zero-order valence-electron chi connectivity index (χ0n) is 10.1. The van der Waals surface area contributed by atoms with Gasteiger partial charge in [-0.25, -0.2) is 4.79 Å². The van der Waals surface area contributed by atoms with Gasteiger partial charge in [-0.05, 0) is 19.1 Å². The van der Waals surface area contributed by atoms with Gasteiger partial charge in [0.1, 0.15) is 0 Å². The smallest absolute Gasteiger partial charge is 0.354 e. The van der Waals surface area contributed by atoms with Crippen LogP contribution in [0.15, 0.2) is 36.6 Å². The fourth-order valence-electron chi connectivity index (χ4n) is 1.06. The molecule has 1 amide bonds. The van der Waals surface area contributed by atoms with E-state index in [2.05, 4.69) is 20.6 Å². The number of hydrogen-bond donors (Lipinski definition) is 2. The first-order valence-corrected chi connectivity index (χ1v) is 5.15. The molecule has 0 unspecified atom stereocenters. The Morgan fingerprint density at radius 2 is 1.89 bits per heavy atom. The molecule has 0 saturated carbocycles. The number of nitrogens with one attached hydrogen (secondary N) is 2. The molecule has 0 atom stereocenters. The molecule has 6 nitrogen and oxygen atoms in total. The van der Waals surface area contributed by atoms with Crippen molar-refractivity contribution < 1.29 is 19.2 Å². The number of carbonyl (C=O) groups excluding carboxylic acids is 2. The lowest BCUT2D eigenvalue weighted by atomic mass is 10.1. The van der Waals surface area contributed by atoms with Crippen molar-refractivity contribution in [3.8, 4) is 0 Å². The number of hydrazine groups is 1. The molecule has 0 saturated heterocycles. The first-order valence-electron chi connectivity index (χ1n) is 5.15. The summed E-state index contributed by atoms with van der Waals surface area (Å²) >= 11 is 0. The standard InChI is InChI=1S/C12H14N2O4/c1-9-3-5-10(6-4-9)12(16)13-14-18-11(15)7-8-17-2/h3-8,14H,1-2H3,(H,13,16). The van der Waals surface area contributed by atoms with E-state index in [0.29, 0.717) is 5.56 Å². The molecular weight excluding hydrogens is 236 g/mol. The van der Waals surface area contributed by atoms with E-state index in [0.717, 1.165) is 17.9 Å². The van der Waals surface area contributed by atoms with Crippen LogP contribution < -0.4 is 11.0 Å². The van der Waals surface area contributed by atoms with Gasteiger partial charge in [-0.2, -0.15) is 0 Å². The summed E-state index contributed by atoms with van der Waals surface area (Å²) < 4.78 is 4.52. The number of rotatable bonds is 5. The normalized spacial score (nSPS) is 10.1. The Morgan fingerprint density at radius 1 is 1.22 bits per heavy atom. The molecule has 18 heavy (non-hydrogen) atoms. The molecule has 6 heteroatoms. The third-order valence-electron chi connectivity index (χ3n) is 1.97. The predicted molar refractivity (Wildman–Crippen MR) is 64.0 cm³/mol. The minimum Gasteiger partial charge on any atom is -0.504 e. The van der Waals surface area contributed by atoms with Crippen LogP contribution in [0, 0.1) is 6.92 Å². The monoisotopic (exact) mass is 250 g/mol. The third-order valence-corrected chi connectivity index (χ3v) is 1.97. The maximum atomic E-state index is 11.5. The van der Waals surface area contributed by atoms with Crippen LogP contribution in [-0.2, 0) is 14.4 Å². The van der Waals surface area contributed by atoms with Gasteiger partial charge < -0.3 is 9.57 Å². The molecule has 0 fully saturated rings. The predicted octanol–water partition coefficient (Wildman–Crippen LogP) is 0.848. The van der Waals surface area contributed by atoms with Crippen molar-refractivity contribution in [2.24, 2.45) is 0 Å². The number of aryl methyl sites for hydroxylation is 1. The topological polar surface area (TPSA) is 76.7 Å². The number of benzene rings is 1. The van der Waals surface area contributed by atoms with E-state index in [-0.39, 0.29) is 0 Å².